The SMILES string of the molecule is NCc1ccc(N(Cc2cccc(F)c2)C2CC2)cc1. The molecule has 0 saturated heterocycles. The summed E-state index contributed by atoms with van der Waals surface area (Å²) >= 11 is 0. The van der Waals surface area contributed by atoms with Crippen LogP contribution in [-0.4, -0.2) is 6.04 Å². The summed E-state index contributed by atoms with van der Waals surface area (Å²) in [7, 11) is 0. The van der Waals surface area contributed by atoms with E-state index in [1.54, 1.807) is 12.1 Å². The predicted molar refractivity (Wildman–Crippen MR) is 79.9 cm³/mol. The molecule has 1 aliphatic rings. The minimum Gasteiger partial charge on any atom is -0.364 e. The Kier molecular flexibility index (Phi) is 3.70. The van der Waals surface area contributed by atoms with Crippen LogP contribution in [0, 0.1) is 5.82 Å². The Morgan fingerprint density at radius 1 is 1.05 bits per heavy atom. The Balaban J connectivity index is 1.81. The largest absolute Gasteiger partial charge is 0.364 e. The lowest BCUT2D eigenvalue weighted by atomic mass is 10.1. The van der Waals surface area contributed by atoms with Crippen molar-refractivity contribution in [3.05, 3.63) is 65.5 Å². The molecule has 2 aromatic rings. The van der Waals surface area contributed by atoms with Gasteiger partial charge in [-0.3, -0.25) is 0 Å². The molecule has 0 atom stereocenters. The molecule has 1 fully saturated rings. The molecule has 0 heterocycles. The Labute approximate surface area is 119 Å². The molecule has 3 rings (SSSR count). The van der Waals surface area contributed by atoms with Crippen LogP contribution in [0.5, 0.6) is 0 Å². The van der Waals surface area contributed by atoms with Crippen molar-refractivity contribution in [2.24, 2.45) is 5.73 Å². The average molecular weight is 270 g/mol. The normalized spacial score (nSPS) is 14.3. The second-order valence-corrected chi connectivity index (χ2v) is 5.36. The van der Waals surface area contributed by atoms with Crippen LogP contribution in [0.15, 0.2) is 48.5 Å². The standard InChI is InChI=1S/C17H19FN2/c18-15-3-1-2-14(10-15)12-20(17-8-9-17)16-6-4-13(11-19)5-7-16/h1-7,10,17H,8-9,11-12,19H2. The number of benzene rings is 2. The first kappa shape index (κ1) is 13.1. The van der Waals surface area contributed by atoms with Crippen molar-refractivity contribution in [3.63, 3.8) is 0 Å². The highest BCUT2D eigenvalue weighted by Crippen LogP contribution is 2.33. The Hall–Kier alpha value is -1.87. The monoisotopic (exact) mass is 270 g/mol. The van der Waals surface area contributed by atoms with Crippen molar-refractivity contribution in [2.45, 2.75) is 32.0 Å². The van der Waals surface area contributed by atoms with Crippen molar-refractivity contribution in [3.8, 4) is 0 Å². The molecule has 0 unspecified atom stereocenters. The van der Waals surface area contributed by atoms with E-state index in [1.165, 1.54) is 24.6 Å². The van der Waals surface area contributed by atoms with E-state index in [0.29, 0.717) is 12.6 Å². The van der Waals surface area contributed by atoms with Crippen LogP contribution in [0.4, 0.5) is 10.1 Å². The van der Waals surface area contributed by atoms with Gasteiger partial charge in [-0.2, -0.15) is 0 Å². The van der Waals surface area contributed by atoms with Crippen LogP contribution in [0.1, 0.15) is 24.0 Å². The van der Waals surface area contributed by atoms with Gasteiger partial charge in [0.15, 0.2) is 0 Å². The molecule has 0 spiro atoms. The van der Waals surface area contributed by atoms with Crippen LogP contribution in [0.25, 0.3) is 0 Å². The summed E-state index contributed by atoms with van der Waals surface area (Å²) in [5.41, 5.74) is 8.97. The number of hydrogen-bond acceptors (Lipinski definition) is 2. The van der Waals surface area contributed by atoms with Crippen molar-refractivity contribution in [2.75, 3.05) is 4.90 Å². The summed E-state index contributed by atoms with van der Waals surface area (Å²) in [6.07, 6.45) is 2.43. The Morgan fingerprint density at radius 2 is 1.80 bits per heavy atom. The first-order valence-corrected chi connectivity index (χ1v) is 7.06. The predicted octanol–water partition coefficient (Wildman–Crippen LogP) is 3.45. The van der Waals surface area contributed by atoms with Gasteiger partial charge in [0.25, 0.3) is 0 Å². The van der Waals surface area contributed by atoms with Crippen LogP contribution in [0.2, 0.25) is 0 Å². The lowest BCUT2D eigenvalue weighted by molar-refractivity contribution is 0.624. The molecule has 20 heavy (non-hydrogen) atoms. The second-order valence-electron chi connectivity index (χ2n) is 5.36. The molecule has 0 aromatic heterocycles. The van der Waals surface area contributed by atoms with E-state index in [-0.39, 0.29) is 5.82 Å². The average Bonchev–Trinajstić information content (AvgIpc) is 3.30. The first-order valence-electron chi connectivity index (χ1n) is 7.06. The summed E-state index contributed by atoms with van der Waals surface area (Å²) in [6.45, 7) is 1.32. The molecule has 1 saturated carbocycles. The molecule has 0 aliphatic heterocycles. The van der Waals surface area contributed by atoms with Gasteiger partial charge in [-0.15, -0.1) is 0 Å². The van der Waals surface area contributed by atoms with Crippen molar-refractivity contribution in [1.82, 2.24) is 0 Å². The number of rotatable bonds is 5. The van der Waals surface area contributed by atoms with Crippen LogP contribution in [-0.2, 0) is 13.1 Å². The maximum atomic E-state index is 13.3. The smallest absolute Gasteiger partial charge is 0.123 e. The number of anilines is 1. The maximum absolute atomic E-state index is 13.3. The molecule has 2 N–H and O–H groups in total. The van der Waals surface area contributed by atoms with Gasteiger partial charge in [0.05, 0.1) is 0 Å². The zero-order chi connectivity index (χ0) is 13.9. The summed E-state index contributed by atoms with van der Waals surface area (Å²) in [4.78, 5) is 2.36. The Bertz CT molecular complexity index is 576. The van der Waals surface area contributed by atoms with Crippen LogP contribution >= 0.6 is 0 Å². The summed E-state index contributed by atoms with van der Waals surface area (Å²) < 4.78 is 13.3. The summed E-state index contributed by atoms with van der Waals surface area (Å²) in [6, 6.07) is 15.8. The van der Waals surface area contributed by atoms with Gasteiger partial charge in [-0.25, -0.2) is 4.39 Å². The first-order chi connectivity index (χ1) is 9.76. The van der Waals surface area contributed by atoms with Crippen LogP contribution in [0.3, 0.4) is 0 Å². The molecule has 2 nitrogen and oxygen atoms in total. The molecule has 2 aromatic carbocycles. The van der Waals surface area contributed by atoms with Gasteiger partial charge >= 0.3 is 0 Å². The zero-order valence-corrected chi connectivity index (χ0v) is 11.4. The molecule has 104 valence electrons. The minimum atomic E-state index is -0.170. The fraction of sp³-hybridized carbons (Fsp3) is 0.294. The topological polar surface area (TPSA) is 29.3 Å². The second kappa shape index (κ2) is 5.63. The number of nitrogens with zero attached hydrogens (tertiary/aromatic N) is 1. The highest BCUT2D eigenvalue weighted by atomic mass is 19.1. The van der Waals surface area contributed by atoms with Gasteiger partial charge in [-0.1, -0.05) is 24.3 Å². The van der Waals surface area contributed by atoms with Gasteiger partial charge in [0.2, 0.25) is 0 Å². The van der Waals surface area contributed by atoms with Gasteiger partial charge in [0.1, 0.15) is 5.82 Å². The highest BCUT2D eigenvalue weighted by Gasteiger charge is 2.29. The lowest BCUT2D eigenvalue weighted by Crippen LogP contribution is -2.25. The Morgan fingerprint density at radius 3 is 2.40 bits per heavy atom. The van der Waals surface area contributed by atoms with Gasteiger partial charge in [-0.05, 0) is 48.2 Å². The summed E-state index contributed by atoms with van der Waals surface area (Å²) in [5.74, 6) is -0.170. The van der Waals surface area contributed by atoms with E-state index in [9.17, 15) is 4.39 Å². The molecular formula is C17H19FN2. The molecular weight excluding hydrogens is 251 g/mol. The van der Waals surface area contributed by atoms with Crippen molar-refractivity contribution >= 4 is 5.69 Å². The van der Waals surface area contributed by atoms with E-state index in [4.69, 9.17) is 5.73 Å². The third-order valence-electron chi connectivity index (χ3n) is 3.73. The lowest BCUT2D eigenvalue weighted by Gasteiger charge is -2.25. The van der Waals surface area contributed by atoms with E-state index in [1.807, 2.05) is 6.07 Å². The third kappa shape index (κ3) is 2.99. The minimum absolute atomic E-state index is 0.170. The number of halogens is 1. The quantitative estimate of drug-likeness (QED) is 0.901. The van der Waals surface area contributed by atoms with Crippen molar-refractivity contribution < 1.29 is 4.39 Å². The highest BCUT2D eigenvalue weighted by molar-refractivity contribution is 5.50. The van der Waals surface area contributed by atoms with Gasteiger partial charge in [0, 0.05) is 24.8 Å². The van der Waals surface area contributed by atoms with E-state index in [2.05, 4.69) is 29.2 Å². The molecule has 0 radical (unpaired) electrons. The number of hydrogen-bond donors (Lipinski definition) is 1. The third-order valence-corrected chi connectivity index (χ3v) is 3.73. The van der Waals surface area contributed by atoms with E-state index < -0.39 is 0 Å². The molecule has 3 heteroatoms. The number of nitrogens with two attached hydrogens (primary N) is 1. The fourth-order valence-electron chi connectivity index (χ4n) is 2.47. The molecule has 0 bridgehead atoms. The molecule has 1 aliphatic carbocycles. The van der Waals surface area contributed by atoms with E-state index in [0.717, 1.165) is 17.7 Å². The van der Waals surface area contributed by atoms with Crippen molar-refractivity contribution in [1.29, 1.82) is 0 Å². The summed E-state index contributed by atoms with van der Waals surface area (Å²) in [5, 5.41) is 0. The fourth-order valence-corrected chi connectivity index (χ4v) is 2.47. The molecule has 0 amide bonds. The van der Waals surface area contributed by atoms with Crippen LogP contribution < -0.4 is 10.6 Å². The van der Waals surface area contributed by atoms with E-state index >= 15 is 0 Å². The van der Waals surface area contributed by atoms with Gasteiger partial charge < -0.3 is 10.6 Å². The maximum Gasteiger partial charge on any atom is 0.123 e. The zero-order valence-electron chi connectivity index (χ0n) is 11.4.